The van der Waals surface area contributed by atoms with E-state index in [1.807, 2.05) is 6.92 Å². The maximum absolute atomic E-state index is 12.9. The molecule has 0 saturated heterocycles. The summed E-state index contributed by atoms with van der Waals surface area (Å²) in [6, 6.07) is 11.9. The van der Waals surface area contributed by atoms with Gasteiger partial charge in [-0.3, -0.25) is 0 Å². The third-order valence-electron chi connectivity index (χ3n) is 5.48. The fourth-order valence-electron chi connectivity index (χ4n) is 3.84. The van der Waals surface area contributed by atoms with E-state index >= 15 is 0 Å². The second-order valence-corrected chi connectivity index (χ2v) is 8.81. The van der Waals surface area contributed by atoms with Gasteiger partial charge in [0, 0.05) is 27.1 Å². The van der Waals surface area contributed by atoms with Crippen molar-refractivity contribution in [2.45, 2.75) is 39.3 Å². The molecule has 0 bridgehead atoms. The van der Waals surface area contributed by atoms with Crippen LogP contribution < -0.4 is 0 Å². The molecule has 0 aliphatic heterocycles. The van der Waals surface area contributed by atoms with Crippen molar-refractivity contribution in [3.05, 3.63) is 58.5 Å². The van der Waals surface area contributed by atoms with Gasteiger partial charge in [-0.15, -0.1) is 11.3 Å². The van der Waals surface area contributed by atoms with Crippen LogP contribution in [0.3, 0.4) is 0 Å². The van der Waals surface area contributed by atoms with E-state index in [2.05, 4.69) is 30.0 Å². The number of hydrogen-bond donors (Lipinski definition) is 1. The highest BCUT2D eigenvalue weighted by Crippen LogP contribution is 2.40. The lowest BCUT2D eigenvalue weighted by Gasteiger charge is -2.18. The Bertz CT molecular complexity index is 963. The molecule has 3 aromatic rings. The number of nitrogens with zero attached hydrogens (tertiary/aromatic N) is 1. The Kier molecular flexibility index (Phi) is 7.55. The molecule has 162 valence electrons. The summed E-state index contributed by atoms with van der Waals surface area (Å²) in [6.07, 6.45) is -1.14. The van der Waals surface area contributed by atoms with Gasteiger partial charge in [-0.25, -0.2) is 0 Å². The van der Waals surface area contributed by atoms with Crippen molar-refractivity contribution in [1.29, 1.82) is 0 Å². The number of aryl methyl sites for hydroxylation is 2. The molecule has 6 heteroatoms. The van der Waals surface area contributed by atoms with Crippen LogP contribution in [0.2, 0.25) is 0 Å². The van der Waals surface area contributed by atoms with Gasteiger partial charge in [-0.1, -0.05) is 31.2 Å². The van der Waals surface area contributed by atoms with E-state index < -0.39 is 11.7 Å². The highest BCUT2D eigenvalue weighted by Gasteiger charge is 2.30. The highest BCUT2D eigenvalue weighted by molar-refractivity contribution is 7.19. The van der Waals surface area contributed by atoms with Crippen molar-refractivity contribution in [2.75, 3.05) is 26.2 Å². The predicted octanol–water partition coefficient (Wildman–Crippen LogP) is 6.53. The van der Waals surface area contributed by atoms with Crippen LogP contribution in [0.15, 0.2) is 42.5 Å². The third-order valence-corrected chi connectivity index (χ3v) is 6.55. The standard InChI is InChI=1S/C24H28F3NOS/c1-3-28(14-15-29)13-5-4-6-18-7-12-21-22(16-18)30-17(2)23(21)19-8-10-20(11-9-19)24(25,26)27/h7-12,16,29H,3-6,13-15H2,1-2H3. The minimum Gasteiger partial charge on any atom is -0.395 e. The first-order valence-corrected chi connectivity index (χ1v) is 11.2. The van der Waals surface area contributed by atoms with Gasteiger partial charge < -0.3 is 10.0 Å². The molecule has 0 spiro atoms. The Balaban J connectivity index is 1.72. The summed E-state index contributed by atoms with van der Waals surface area (Å²) in [7, 11) is 0. The summed E-state index contributed by atoms with van der Waals surface area (Å²) in [5, 5.41) is 10.2. The predicted molar refractivity (Wildman–Crippen MR) is 119 cm³/mol. The van der Waals surface area contributed by atoms with Crippen molar-refractivity contribution in [1.82, 2.24) is 4.90 Å². The maximum Gasteiger partial charge on any atom is 0.416 e. The molecule has 0 saturated carbocycles. The van der Waals surface area contributed by atoms with E-state index in [1.165, 1.54) is 10.3 Å². The number of rotatable bonds is 9. The maximum atomic E-state index is 12.9. The van der Waals surface area contributed by atoms with Crippen molar-refractivity contribution < 1.29 is 18.3 Å². The molecule has 0 aliphatic rings. The molecular weight excluding hydrogens is 407 g/mol. The number of likely N-dealkylation sites (N-methyl/N-ethyl adjacent to an activating group) is 1. The van der Waals surface area contributed by atoms with Gasteiger partial charge >= 0.3 is 6.18 Å². The first-order chi connectivity index (χ1) is 14.3. The second kappa shape index (κ2) is 9.94. The lowest BCUT2D eigenvalue weighted by molar-refractivity contribution is -0.137. The molecule has 0 radical (unpaired) electrons. The zero-order valence-electron chi connectivity index (χ0n) is 17.4. The van der Waals surface area contributed by atoms with E-state index in [4.69, 9.17) is 5.11 Å². The third kappa shape index (κ3) is 5.42. The van der Waals surface area contributed by atoms with Crippen LogP contribution >= 0.6 is 11.3 Å². The zero-order valence-corrected chi connectivity index (χ0v) is 18.2. The van der Waals surface area contributed by atoms with E-state index in [9.17, 15) is 13.2 Å². The molecule has 1 aromatic heterocycles. The van der Waals surface area contributed by atoms with Crippen LogP contribution in [-0.2, 0) is 12.6 Å². The number of hydrogen-bond acceptors (Lipinski definition) is 3. The smallest absolute Gasteiger partial charge is 0.395 e. The molecule has 30 heavy (non-hydrogen) atoms. The van der Waals surface area contributed by atoms with Gasteiger partial charge in [0.1, 0.15) is 0 Å². The van der Waals surface area contributed by atoms with Crippen molar-refractivity contribution in [3.63, 3.8) is 0 Å². The Morgan fingerprint density at radius 3 is 2.37 bits per heavy atom. The monoisotopic (exact) mass is 435 g/mol. The minimum atomic E-state index is -4.31. The molecule has 0 amide bonds. The number of benzene rings is 2. The number of halogens is 3. The van der Waals surface area contributed by atoms with E-state index in [0.29, 0.717) is 0 Å². The average Bonchev–Trinajstić information content (AvgIpc) is 3.04. The number of thiophene rings is 1. The topological polar surface area (TPSA) is 23.5 Å². The van der Waals surface area contributed by atoms with Crippen LogP contribution in [0.4, 0.5) is 13.2 Å². The fourth-order valence-corrected chi connectivity index (χ4v) is 4.99. The average molecular weight is 436 g/mol. The van der Waals surface area contributed by atoms with Crippen LogP contribution in [-0.4, -0.2) is 36.2 Å². The van der Waals surface area contributed by atoms with Gasteiger partial charge in [0.05, 0.1) is 12.2 Å². The quantitative estimate of drug-likeness (QED) is 0.386. The highest BCUT2D eigenvalue weighted by atomic mass is 32.1. The summed E-state index contributed by atoms with van der Waals surface area (Å²) in [5.41, 5.74) is 2.51. The van der Waals surface area contributed by atoms with Crippen molar-refractivity contribution >= 4 is 21.4 Å². The van der Waals surface area contributed by atoms with Crippen LogP contribution in [0.5, 0.6) is 0 Å². The van der Waals surface area contributed by atoms with Crippen LogP contribution in [0.1, 0.15) is 35.8 Å². The Hall–Kier alpha value is -1.89. The van der Waals surface area contributed by atoms with E-state index in [-0.39, 0.29) is 6.61 Å². The van der Waals surface area contributed by atoms with Crippen molar-refractivity contribution in [2.24, 2.45) is 0 Å². The van der Waals surface area contributed by atoms with Gasteiger partial charge in [-0.2, -0.15) is 13.2 Å². The molecule has 0 atom stereocenters. The summed E-state index contributed by atoms with van der Waals surface area (Å²) in [5.74, 6) is 0. The van der Waals surface area contributed by atoms with Crippen LogP contribution in [0, 0.1) is 6.92 Å². The summed E-state index contributed by atoms with van der Waals surface area (Å²) < 4.78 is 39.7. The number of fused-ring (bicyclic) bond motifs is 1. The Morgan fingerprint density at radius 1 is 1.00 bits per heavy atom. The molecule has 2 nitrogen and oxygen atoms in total. The SMILES string of the molecule is CCN(CCO)CCCCc1ccc2c(-c3ccc(C(F)(F)F)cc3)c(C)sc2c1. The van der Waals surface area contributed by atoms with Gasteiger partial charge in [0.25, 0.3) is 0 Å². The molecule has 1 N–H and O–H groups in total. The number of aliphatic hydroxyl groups excluding tert-OH is 1. The summed E-state index contributed by atoms with van der Waals surface area (Å²) in [4.78, 5) is 3.37. The molecule has 3 rings (SSSR count). The fraction of sp³-hybridized carbons (Fsp3) is 0.417. The summed E-state index contributed by atoms with van der Waals surface area (Å²) in [6.45, 7) is 7.01. The summed E-state index contributed by atoms with van der Waals surface area (Å²) >= 11 is 1.69. The lowest BCUT2D eigenvalue weighted by Crippen LogP contribution is -2.27. The Morgan fingerprint density at radius 2 is 1.73 bits per heavy atom. The molecule has 0 aliphatic carbocycles. The molecule has 0 unspecified atom stereocenters. The van der Waals surface area contributed by atoms with Crippen molar-refractivity contribution in [3.8, 4) is 11.1 Å². The molecule has 0 fully saturated rings. The van der Waals surface area contributed by atoms with E-state index in [0.717, 1.165) is 72.4 Å². The molecular formula is C24H28F3NOS. The van der Waals surface area contributed by atoms with Crippen LogP contribution in [0.25, 0.3) is 21.2 Å². The van der Waals surface area contributed by atoms with Gasteiger partial charge in [-0.05, 0) is 68.6 Å². The van der Waals surface area contributed by atoms with Gasteiger partial charge in [0.15, 0.2) is 0 Å². The van der Waals surface area contributed by atoms with E-state index in [1.54, 1.807) is 23.5 Å². The lowest BCUT2D eigenvalue weighted by atomic mass is 9.99. The normalized spacial score (nSPS) is 12.2. The second-order valence-electron chi connectivity index (χ2n) is 7.55. The Labute approximate surface area is 180 Å². The first-order valence-electron chi connectivity index (χ1n) is 10.4. The minimum absolute atomic E-state index is 0.198. The van der Waals surface area contributed by atoms with Gasteiger partial charge in [0.2, 0.25) is 0 Å². The number of alkyl halides is 3. The first kappa shape index (κ1) is 22.8. The zero-order chi connectivity index (χ0) is 21.7. The number of aliphatic hydroxyl groups is 1. The molecule has 1 heterocycles. The molecule has 2 aromatic carbocycles. The largest absolute Gasteiger partial charge is 0.416 e. The number of unbranched alkanes of at least 4 members (excludes halogenated alkanes) is 1.